The fourth-order valence-corrected chi connectivity index (χ4v) is 1.58. The minimum Gasteiger partial charge on any atom is -0.398 e. The number of hydrogen-bond acceptors (Lipinski definition) is 2. The van der Waals surface area contributed by atoms with Gasteiger partial charge in [-0.05, 0) is 18.2 Å². The molecule has 1 aromatic carbocycles. The summed E-state index contributed by atoms with van der Waals surface area (Å²) in [6, 6.07) is 2.88. The molecule has 0 radical (unpaired) electrons. The minimum atomic E-state index is -4.77. The van der Waals surface area contributed by atoms with Crippen molar-refractivity contribution in [2.75, 3.05) is 5.73 Å². The summed E-state index contributed by atoms with van der Waals surface area (Å²) in [4.78, 5) is 3.18. The van der Waals surface area contributed by atoms with Gasteiger partial charge in [-0.3, -0.25) is 0 Å². The van der Waals surface area contributed by atoms with E-state index in [0.29, 0.717) is 12.1 Å². The summed E-state index contributed by atoms with van der Waals surface area (Å²) in [5.41, 5.74) is 2.28. The van der Waals surface area contributed by atoms with Gasteiger partial charge in [0.2, 0.25) is 0 Å². The minimum absolute atomic E-state index is 0.0426. The van der Waals surface area contributed by atoms with Crippen LogP contribution in [0.3, 0.4) is 0 Å². The molecule has 19 heavy (non-hydrogen) atoms. The summed E-state index contributed by atoms with van der Waals surface area (Å²) in [5.74, 6) is 0. The van der Waals surface area contributed by atoms with E-state index in [9.17, 15) is 26.3 Å². The third-order valence-electron chi connectivity index (χ3n) is 2.46. The monoisotopic (exact) mass is 280 g/mol. The summed E-state index contributed by atoms with van der Waals surface area (Å²) in [6.07, 6.45) is -9.42. The van der Waals surface area contributed by atoms with Crippen LogP contribution in [0, 0.1) is 0 Å². The Morgan fingerprint density at radius 1 is 0.895 bits per heavy atom. The molecule has 0 atom stereocenters. The molecule has 0 spiro atoms. The molecule has 0 aliphatic carbocycles. The molecule has 0 amide bonds. The number of alkyl halides is 6. The molecule has 2 nitrogen and oxygen atoms in total. The third-order valence-corrected chi connectivity index (χ3v) is 2.46. The van der Waals surface area contributed by atoms with Gasteiger partial charge in [-0.25, -0.2) is 4.98 Å². The molecule has 2 N–H and O–H groups in total. The maximum absolute atomic E-state index is 12.5. The SMILES string of the molecule is Nc1cc(C(F)(F)F)nc2cc(C(F)(F)F)ccc12. The quantitative estimate of drug-likeness (QED) is 0.744. The zero-order valence-corrected chi connectivity index (χ0v) is 9.10. The van der Waals surface area contributed by atoms with Crippen molar-refractivity contribution in [1.29, 1.82) is 0 Å². The van der Waals surface area contributed by atoms with Crippen LogP contribution in [0.2, 0.25) is 0 Å². The molecule has 0 unspecified atom stereocenters. The van der Waals surface area contributed by atoms with E-state index in [-0.39, 0.29) is 11.1 Å². The fourth-order valence-electron chi connectivity index (χ4n) is 1.58. The number of aromatic nitrogens is 1. The van der Waals surface area contributed by atoms with Crippen molar-refractivity contribution in [1.82, 2.24) is 4.98 Å². The predicted molar refractivity (Wildman–Crippen MR) is 56.2 cm³/mol. The second kappa shape index (κ2) is 4.01. The number of pyridine rings is 1. The summed E-state index contributed by atoms with van der Waals surface area (Å²) in [7, 11) is 0. The summed E-state index contributed by atoms with van der Waals surface area (Å²) >= 11 is 0. The van der Waals surface area contributed by atoms with Crippen LogP contribution >= 0.6 is 0 Å². The van der Waals surface area contributed by atoms with Crippen LogP contribution in [-0.2, 0) is 12.4 Å². The van der Waals surface area contributed by atoms with Crippen molar-refractivity contribution >= 4 is 16.6 Å². The summed E-state index contributed by atoms with van der Waals surface area (Å²) in [5, 5.41) is 0.0426. The first-order valence-electron chi connectivity index (χ1n) is 4.94. The van der Waals surface area contributed by atoms with E-state index in [1.807, 2.05) is 0 Å². The topological polar surface area (TPSA) is 38.9 Å². The molecule has 1 heterocycles. The van der Waals surface area contributed by atoms with Gasteiger partial charge in [0.1, 0.15) is 5.69 Å². The van der Waals surface area contributed by atoms with Crippen molar-refractivity contribution in [3.05, 3.63) is 35.5 Å². The molecule has 1 aromatic heterocycles. The highest BCUT2D eigenvalue weighted by Crippen LogP contribution is 2.35. The van der Waals surface area contributed by atoms with Gasteiger partial charge in [0.25, 0.3) is 0 Å². The summed E-state index contributed by atoms with van der Waals surface area (Å²) in [6.45, 7) is 0. The Kier molecular flexibility index (Phi) is 2.83. The van der Waals surface area contributed by atoms with E-state index >= 15 is 0 Å². The number of benzene rings is 1. The first-order chi connectivity index (χ1) is 8.59. The van der Waals surface area contributed by atoms with Crippen LogP contribution in [0.5, 0.6) is 0 Å². The maximum atomic E-state index is 12.5. The Hall–Kier alpha value is -1.99. The van der Waals surface area contributed by atoms with Gasteiger partial charge in [0, 0.05) is 11.1 Å². The molecule has 2 rings (SSSR count). The molecule has 0 fully saturated rings. The first-order valence-corrected chi connectivity index (χ1v) is 4.94. The Balaban J connectivity index is 2.70. The van der Waals surface area contributed by atoms with Crippen LogP contribution in [0.15, 0.2) is 24.3 Å². The highest BCUT2D eigenvalue weighted by atomic mass is 19.4. The molecule has 8 heteroatoms. The number of nitrogens with two attached hydrogens (primary N) is 1. The molecular weight excluding hydrogens is 274 g/mol. The number of fused-ring (bicyclic) bond motifs is 1. The van der Waals surface area contributed by atoms with Crippen LogP contribution < -0.4 is 5.73 Å². The maximum Gasteiger partial charge on any atom is 0.433 e. The van der Waals surface area contributed by atoms with Crippen molar-refractivity contribution in [2.45, 2.75) is 12.4 Å². The second-order valence-electron chi connectivity index (χ2n) is 3.82. The fraction of sp³-hybridized carbons (Fsp3) is 0.182. The zero-order chi connectivity index (χ0) is 14.4. The van der Waals surface area contributed by atoms with E-state index in [1.54, 1.807) is 0 Å². The van der Waals surface area contributed by atoms with E-state index in [1.165, 1.54) is 0 Å². The lowest BCUT2D eigenvalue weighted by Crippen LogP contribution is -2.10. The smallest absolute Gasteiger partial charge is 0.398 e. The van der Waals surface area contributed by atoms with Gasteiger partial charge < -0.3 is 5.73 Å². The number of nitrogens with zero attached hydrogens (tertiary/aromatic N) is 1. The number of rotatable bonds is 0. The Bertz CT molecular complexity index is 624. The van der Waals surface area contributed by atoms with Gasteiger partial charge in [-0.2, -0.15) is 26.3 Å². The van der Waals surface area contributed by atoms with Crippen molar-refractivity contribution in [3.63, 3.8) is 0 Å². The van der Waals surface area contributed by atoms with Crippen molar-refractivity contribution in [3.8, 4) is 0 Å². The van der Waals surface area contributed by atoms with E-state index in [0.717, 1.165) is 12.1 Å². The highest BCUT2D eigenvalue weighted by Gasteiger charge is 2.34. The Labute approximate surface area is 102 Å². The van der Waals surface area contributed by atoms with Gasteiger partial charge >= 0.3 is 12.4 Å². The number of anilines is 1. The van der Waals surface area contributed by atoms with Gasteiger partial charge in [0.05, 0.1) is 11.1 Å². The highest BCUT2D eigenvalue weighted by molar-refractivity contribution is 5.90. The summed E-state index contributed by atoms with van der Waals surface area (Å²) < 4.78 is 74.9. The predicted octanol–water partition coefficient (Wildman–Crippen LogP) is 3.85. The normalized spacial score (nSPS) is 12.9. The molecule has 2 aromatic rings. The van der Waals surface area contributed by atoms with Gasteiger partial charge in [-0.1, -0.05) is 6.07 Å². The average molecular weight is 280 g/mol. The van der Waals surface area contributed by atoms with E-state index in [4.69, 9.17) is 5.73 Å². The van der Waals surface area contributed by atoms with E-state index < -0.39 is 29.1 Å². The van der Waals surface area contributed by atoms with Gasteiger partial charge in [-0.15, -0.1) is 0 Å². The van der Waals surface area contributed by atoms with Crippen molar-refractivity contribution in [2.24, 2.45) is 0 Å². The molecule has 0 aliphatic heterocycles. The number of hydrogen-bond donors (Lipinski definition) is 1. The van der Waals surface area contributed by atoms with Crippen LogP contribution in [0.25, 0.3) is 10.9 Å². The van der Waals surface area contributed by atoms with E-state index in [2.05, 4.69) is 4.98 Å². The second-order valence-corrected chi connectivity index (χ2v) is 3.82. The lowest BCUT2D eigenvalue weighted by molar-refractivity contribution is -0.140. The third kappa shape index (κ3) is 2.56. The zero-order valence-electron chi connectivity index (χ0n) is 9.10. The molecule has 0 aliphatic rings. The van der Waals surface area contributed by atoms with Gasteiger partial charge in [0.15, 0.2) is 0 Å². The van der Waals surface area contributed by atoms with Crippen LogP contribution in [0.1, 0.15) is 11.3 Å². The molecule has 0 saturated carbocycles. The largest absolute Gasteiger partial charge is 0.433 e. The lowest BCUT2D eigenvalue weighted by Gasteiger charge is -2.11. The average Bonchev–Trinajstić information content (AvgIpc) is 2.25. The first kappa shape index (κ1) is 13.4. The standard InChI is InChI=1S/C11H6F6N2/c12-10(13,14)5-1-2-6-7(18)4-9(11(15,16)17)19-8(6)3-5/h1-4H,(H2,18,19). The molecule has 0 bridgehead atoms. The molecular formula is C11H6F6N2. The van der Waals surface area contributed by atoms with Crippen LogP contribution in [0.4, 0.5) is 32.0 Å². The lowest BCUT2D eigenvalue weighted by atomic mass is 10.1. The number of nitrogen functional groups attached to an aromatic ring is 1. The Morgan fingerprint density at radius 3 is 2.05 bits per heavy atom. The number of halogens is 6. The molecule has 102 valence electrons. The molecule has 0 saturated heterocycles. The Morgan fingerprint density at radius 2 is 1.53 bits per heavy atom. The van der Waals surface area contributed by atoms with Crippen molar-refractivity contribution < 1.29 is 26.3 Å². The van der Waals surface area contributed by atoms with Crippen LogP contribution in [-0.4, -0.2) is 4.98 Å².